The summed E-state index contributed by atoms with van der Waals surface area (Å²) in [5.74, 6) is -0.738. The van der Waals surface area contributed by atoms with Crippen LogP contribution in [0.4, 0.5) is 5.69 Å². The Morgan fingerprint density at radius 1 is 1.43 bits per heavy atom. The van der Waals surface area contributed by atoms with Crippen LogP contribution < -0.4 is 5.32 Å². The van der Waals surface area contributed by atoms with Gasteiger partial charge in [-0.3, -0.25) is 9.78 Å². The maximum absolute atomic E-state index is 11.0. The summed E-state index contributed by atoms with van der Waals surface area (Å²) >= 11 is 0. The number of nitrogens with one attached hydrogen (secondary N) is 1. The zero-order valence-electron chi connectivity index (χ0n) is 12.0. The Labute approximate surface area is 123 Å². The summed E-state index contributed by atoms with van der Waals surface area (Å²) in [4.78, 5) is 15.3. The van der Waals surface area contributed by atoms with Crippen LogP contribution in [0.25, 0.3) is 10.9 Å². The molecule has 0 aliphatic heterocycles. The lowest BCUT2D eigenvalue weighted by molar-refractivity contribution is -0.137. The third-order valence-corrected chi connectivity index (χ3v) is 3.42. The van der Waals surface area contributed by atoms with Gasteiger partial charge in [0.15, 0.2) is 0 Å². The van der Waals surface area contributed by atoms with Gasteiger partial charge in [0.1, 0.15) is 6.07 Å². The van der Waals surface area contributed by atoms with E-state index in [4.69, 9.17) is 5.11 Å². The number of hydrogen-bond acceptors (Lipinski definition) is 4. The molecule has 0 fully saturated rings. The van der Waals surface area contributed by atoms with Crippen LogP contribution in [0.5, 0.6) is 0 Å². The number of carboxylic acids is 1. The average Bonchev–Trinajstić information content (AvgIpc) is 2.46. The summed E-state index contributed by atoms with van der Waals surface area (Å²) in [5.41, 5.74) is 1.85. The third kappa shape index (κ3) is 3.29. The number of benzene rings is 1. The van der Waals surface area contributed by atoms with Crippen LogP contribution in [-0.4, -0.2) is 22.1 Å². The van der Waals surface area contributed by atoms with Gasteiger partial charge in [-0.15, -0.1) is 0 Å². The van der Waals surface area contributed by atoms with Crippen molar-refractivity contribution in [2.45, 2.75) is 26.3 Å². The van der Waals surface area contributed by atoms with Crippen LogP contribution >= 0.6 is 0 Å². The van der Waals surface area contributed by atoms with E-state index < -0.39 is 5.97 Å². The molecule has 2 rings (SSSR count). The number of rotatable bonds is 5. The van der Waals surface area contributed by atoms with Crippen LogP contribution in [0.2, 0.25) is 0 Å². The van der Waals surface area contributed by atoms with Crippen LogP contribution in [0.1, 0.15) is 25.8 Å². The zero-order chi connectivity index (χ0) is 15.4. The average molecular weight is 283 g/mol. The predicted molar refractivity (Wildman–Crippen MR) is 81.0 cm³/mol. The lowest BCUT2D eigenvalue weighted by Crippen LogP contribution is -2.29. The highest BCUT2D eigenvalue weighted by molar-refractivity contribution is 5.94. The zero-order valence-corrected chi connectivity index (χ0v) is 12.0. The van der Waals surface area contributed by atoms with Crippen molar-refractivity contribution in [1.29, 1.82) is 5.26 Å². The molecule has 2 N–H and O–H groups in total. The monoisotopic (exact) mass is 283 g/mol. The normalized spacial score (nSPS) is 12.1. The summed E-state index contributed by atoms with van der Waals surface area (Å²) in [7, 11) is 0. The molecule has 5 heteroatoms. The van der Waals surface area contributed by atoms with Gasteiger partial charge >= 0.3 is 5.97 Å². The Hall–Kier alpha value is -2.61. The van der Waals surface area contributed by atoms with E-state index in [0.717, 1.165) is 10.9 Å². The Bertz CT molecular complexity index is 704. The number of nitrogens with zero attached hydrogens (tertiary/aromatic N) is 2. The van der Waals surface area contributed by atoms with Crippen molar-refractivity contribution in [3.05, 3.63) is 36.0 Å². The second-order valence-corrected chi connectivity index (χ2v) is 5.27. The number of aliphatic carboxylic acids is 1. The van der Waals surface area contributed by atoms with Crippen molar-refractivity contribution in [1.82, 2.24) is 4.98 Å². The summed E-state index contributed by atoms with van der Waals surface area (Å²) < 4.78 is 0. The molecule has 5 nitrogen and oxygen atoms in total. The van der Waals surface area contributed by atoms with E-state index in [-0.39, 0.29) is 18.4 Å². The van der Waals surface area contributed by atoms with E-state index in [1.807, 2.05) is 38.1 Å². The Kier molecular flexibility index (Phi) is 4.39. The second-order valence-electron chi connectivity index (χ2n) is 5.27. The first-order valence-electron chi connectivity index (χ1n) is 6.79. The van der Waals surface area contributed by atoms with Gasteiger partial charge in [-0.2, -0.15) is 5.26 Å². The predicted octanol–water partition coefficient (Wildman–Crippen LogP) is 3.02. The highest BCUT2D eigenvalue weighted by Crippen LogP contribution is 2.27. The summed E-state index contributed by atoms with van der Waals surface area (Å²) in [5, 5.41) is 22.4. The molecular weight excluding hydrogens is 266 g/mol. The van der Waals surface area contributed by atoms with Crippen LogP contribution in [0, 0.1) is 17.2 Å². The minimum absolute atomic E-state index is 0.000809. The van der Waals surface area contributed by atoms with Gasteiger partial charge in [0.05, 0.1) is 23.2 Å². The Morgan fingerprint density at radius 3 is 2.76 bits per heavy atom. The molecule has 0 spiro atoms. The van der Waals surface area contributed by atoms with Gasteiger partial charge in [0.25, 0.3) is 0 Å². The number of anilines is 1. The van der Waals surface area contributed by atoms with E-state index in [2.05, 4.69) is 16.4 Å². The molecule has 0 saturated carbocycles. The van der Waals surface area contributed by atoms with E-state index in [9.17, 15) is 10.1 Å². The number of carboxylic acid groups (broad SMARTS) is 1. The first-order chi connectivity index (χ1) is 10.0. The minimum atomic E-state index is -0.863. The number of para-hydroxylation sites is 1. The summed E-state index contributed by atoms with van der Waals surface area (Å²) in [6, 6.07) is 9.36. The van der Waals surface area contributed by atoms with E-state index in [1.54, 1.807) is 0 Å². The maximum atomic E-state index is 11.0. The Balaban J connectivity index is 2.48. The number of hydrogen-bond donors (Lipinski definition) is 2. The number of carbonyl (C=O) groups is 1. The molecule has 1 unspecified atom stereocenters. The molecule has 0 radical (unpaired) electrons. The van der Waals surface area contributed by atoms with Crippen molar-refractivity contribution >= 4 is 22.6 Å². The number of nitriles is 1. The van der Waals surface area contributed by atoms with Gasteiger partial charge in [0.2, 0.25) is 0 Å². The number of fused-ring (bicyclic) bond motifs is 1. The van der Waals surface area contributed by atoms with Gasteiger partial charge in [0, 0.05) is 17.6 Å². The molecule has 1 atom stereocenters. The molecule has 0 aliphatic carbocycles. The maximum Gasteiger partial charge on any atom is 0.305 e. The molecule has 0 aliphatic rings. The fourth-order valence-electron chi connectivity index (χ4n) is 2.21. The number of pyridine rings is 1. The highest BCUT2D eigenvalue weighted by Gasteiger charge is 2.19. The Morgan fingerprint density at radius 2 is 2.14 bits per heavy atom. The minimum Gasteiger partial charge on any atom is -0.481 e. The molecule has 1 heterocycles. The molecule has 0 bridgehead atoms. The second kappa shape index (κ2) is 6.23. The fourth-order valence-corrected chi connectivity index (χ4v) is 2.21. The molecule has 0 amide bonds. The first kappa shape index (κ1) is 14.8. The van der Waals surface area contributed by atoms with Crippen LogP contribution in [0.15, 0.2) is 30.5 Å². The molecule has 108 valence electrons. The topological polar surface area (TPSA) is 86.0 Å². The van der Waals surface area contributed by atoms with Crippen LogP contribution in [-0.2, 0) is 4.79 Å². The SMILES string of the molecule is CC(C)C(CC(=O)O)Nc1c(C#N)cnc2ccccc12. The van der Waals surface area contributed by atoms with Crippen molar-refractivity contribution in [2.24, 2.45) is 5.92 Å². The lowest BCUT2D eigenvalue weighted by atomic mass is 9.99. The standard InChI is InChI=1S/C16H17N3O2/c1-10(2)14(7-15(20)21)19-16-11(8-17)9-18-13-6-4-3-5-12(13)16/h3-6,9-10,14H,7H2,1-2H3,(H,18,19)(H,20,21). The molecular formula is C16H17N3O2. The van der Waals surface area contributed by atoms with Crippen molar-refractivity contribution in [3.63, 3.8) is 0 Å². The summed E-state index contributed by atoms with van der Waals surface area (Å²) in [6.07, 6.45) is 1.52. The quantitative estimate of drug-likeness (QED) is 0.880. The largest absolute Gasteiger partial charge is 0.481 e. The van der Waals surface area contributed by atoms with Gasteiger partial charge < -0.3 is 10.4 Å². The first-order valence-corrected chi connectivity index (χ1v) is 6.79. The smallest absolute Gasteiger partial charge is 0.305 e. The van der Waals surface area contributed by atoms with Crippen molar-refractivity contribution < 1.29 is 9.90 Å². The van der Waals surface area contributed by atoms with E-state index >= 15 is 0 Å². The van der Waals surface area contributed by atoms with Gasteiger partial charge in [-0.25, -0.2) is 0 Å². The highest BCUT2D eigenvalue weighted by atomic mass is 16.4. The van der Waals surface area contributed by atoms with E-state index in [1.165, 1.54) is 6.20 Å². The van der Waals surface area contributed by atoms with Gasteiger partial charge in [-0.1, -0.05) is 32.0 Å². The van der Waals surface area contributed by atoms with Crippen molar-refractivity contribution in [3.8, 4) is 6.07 Å². The molecule has 0 saturated heterocycles. The lowest BCUT2D eigenvalue weighted by Gasteiger charge is -2.23. The van der Waals surface area contributed by atoms with Crippen molar-refractivity contribution in [2.75, 3.05) is 5.32 Å². The van der Waals surface area contributed by atoms with Gasteiger partial charge in [-0.05, 0) is 12.0 Å². The summed E-state index contributed by atoms with van der Waals surface area (Å²) in [6.45, 7) is 3.91. The molecule has 1 aromatic carbocycles. The number of aromatic nitrogens is 1. The molecule has 21 heavy (non-hydrogen) atoms. The molecule has 2 aromatic rings. The molecule has 1 aromatic heterocycles. The fraction of sp³-hybridized carbons (Fsp3) is 0.312. The van der Waals surface area contributed by atoms with Crippen LogP contribution in [0.3, 0.4) is 0 Å². The third-order valence-electron chi connectivity index (χ3n) is 3.42. The van der Waals surface area contributed by atoms with E-state index in [0.29, 0.717) is 11.3 Å².